The van der Waals surface area contributed by atoms with Gasteiger partial charge in [0, 0.05) is 6.42 Å². The van der Waals surface area contributed by atoms with Crippen molar-refractivity contribution in [3.05, 3.63) is 24.3 Å². The minimum atomic E-state index is -4.77. The van der Waals surface area contributed by atoms with E-state index in [-0.39, 0.29) is 10.5 Å². The van der Waals surface area contributed by atoms with Crippen LogP contribution in [0.2, 0.25) is 0 Å². The third kappa shape index (κ3) is 3.68. The van der Waals surface area contributed by atoms with Crippen LogP contribution in [0.3, 0.4) is 0 Å². The molecular weight excluding hydrogens is 301 g/mol. The molecule has 10 heteroatoms. The summed E-state index contributed by atoms with van der Waals surface area (Å²) in [5.74, 6) is -1.35. The summed E-state index contributed by atoms with van der Waals surface area (Å²) in [5.41, 5.74) is 0. The Hall–Kier alpha value is -2.26. The van der Waals surface area contributed by atoms with Crippen molar-refractivity contribution in [1.29, 1.82) is 0 Å². The van der Waals surface area contributed by atoms with Gasteiger partial charge >= 0.3 is 12.2 Å². The highest BCUT2D eigenvalue weighted by Gasteiger charge is 2.40. The van der Waals surface area contributed by atoms with Crippen LogP contribution < -0.4 is 0 Å². The number of aromatic nitrogens is 6. The Balaban J connectivity index is 2.23. The maximum absolute atomic E-state index is 13.0. The third-order valence-corrected chi connectivity index (χ3v) is 2.95. The van der Waals surface area contributed by atoms with Crippen molar-refractivity contribution in [3.8, 4) is 0 Å². The molecule has 0 aliphatic carbocycles. The number of alkyl halides is 3. The average molecular weight is 316 g/mol. The Morgan fingerprint density at radius 2 is 2.05 bits per heavy atom. The van der Waals surface area contributed by atoms with Gasteiger partial charge < -0.3 is 0 Å². The van der Waals surface area contributed by atoms with Crippen molar-refractivity contribution in [2.24, 2.45) is 0 Å². The summed E-state index contributed by atoms with van der Waals surface area (Å²) in [4.78, 5) is 19.0. The van der Waals surface area contributed by atoms with E-state index in [1.54, 1.807) is 0 Å². The lowest BCUT2D eigenvalue weighted by atomic mass is 10.1. The fourth-order valence-electron chi connectivity index (χ4n) is 1.89. The first-order valence-corrected chi connectivity index (χ1v) is 6.86. The Morgan fingerprint density at radius 3 is 2.64 bits per heavy atom. The number of nitrogens with zero attached hydrogens (tertiary/aromatic N) is 6. The molecule has 0 bridgehead atoms. The SMILES string of the molecule is CCCCCCc1nc(C(F)(F)F)n(C(=O)n2cncn2)n1. The number of unbranched alkanes of at least 4 members (excludes halogenated alkanes) is 3. The van der Waals surface area contributed by atoms with Crippen LogP contribution >= 0.6 is 0 Å². The van der Waals surface area contributed by atoms with E-state index in [1.807, 2.05) is 6.92 Å². The van der Waals surface area contributed by atoms with E-state index in [0.717, 1.165) is 31.9 Å². The molecule has 0 fully saturated rings. The summed E-state index contributed by atoms with van der Waals surface area (Å²) in [5, 5.41) is 7.19. The summed E-state index contributed by atoms with van der Waals surface area (Å²) in [7, 11) is 0. The fraction of sp³-hybridized carbons (Fsp3) is 0.583. The van der Waals surface area contributed by atoms with E-state index in [9.17, 15) is 18.0 Å². The topological polar surface area (TPSA) is 78.5 Å². The summed E-state index contributed by atoms with van der Waals surface area (Å²) in [6, 6.07) is -1.07. The van der Waals surface area contributed by atoms with Crippen LogP contribution in [0.1, 0.15) is 44.3 Å². The maximum Gasteiger partial charge on any atom is 0.451 e. The molecule has 2 heterocycles. The molecule has 120 valence electrons. The number of carbonyl (C=O) groups is 1. The van der Waals surface area contributed by atoms with Gasteiger partial charge in [-0.05, 0) is 6.42 Å². The van der Waals surface area contributed by atoms with Crippen LogP contribution in [0.15, 0.2) is 12.7 Å². The molecule has 0 aliphatic heterocycles. The van der Waals surface area contributed by atoms with E-state index >= 15 is 0 Å². The highest BCUT2D eigenvalue weighted by atomic mass is 19.4. The van der Waals surface area contributed by atoms with Gasteiger partial charge in [0.05, 0.1) is 0 Å². The number of rotatable bonds is 5. The minimum absolute atomic E-state index is 0.00288. The lowest BCUT2D eigenvalue weighted by molar-refractivity contribution is -0.146. The molecular formula is C12H15F3N6O. The molecule has 0 saturated carbocycles. The average Bonchev–Trinajstić information content (AvgIpc) is 3.11. The van der Waals surface area contributed by atoms with Gasteiger partial charge in [-0.1, -0.05) is 26.2 Å². The molecule has 2 aromatic heterocycles. The van der Waals surface area contributed by atoms with E-state index in [2.05, 4.69) is 20.2 Å². The second-order valence-corrected chi connectivity index (χ2v) is 4.69. The summed E-state index contributed by atoms with van der Waals surface area (Å²) >= 11 is 0. The molecule has 0 saturated heterocycles. The highest BCUT2D eigenvalue weighted by molar-refractivity contribution is 5.77. The first-order valence-electron chi connectivity index (χ1n) is 6.86. The van der Waals surface area contributed by atoms with Crippen LogP contribution in [0.5, 0.6) is 0 Å². The number of hydrogen-bond acceptors (Lipinski definition) is 5. The van der Waals surface area contributed by atoms with Crippen molar-refractivity contribution in [2.75, 3.05) is 0 Å². The molecule has 0 radical (unpaired) electrons. The largest absolute Gasteiger partial charge is 0.451 e. The first kappa shape index (κ1) is 16.1. The van der Waals surface area contributed by atoms with Crippen LogP contribution in [0.25, 0.3) is 0 Å². The maximum atomic E-state index is 13.0. The van der Waals surface area contributed by atoms with Crippen molar-refractivity contribution in [2.45, 2.75) is 45.2 Å². The zero-order valence-electron chi connectivity index (χ0n) is 11.9. The zero-order valence-corrected chi connectivity index (χ0v) is 11.9. The monoisotopic (exact) mass is 316 g/mol. The lowest BCUT2D eigenvalue weighted by Gasteiger charge is -2.06. The number of carbonyl (C=O) groups excluding carboxylic acids is 1. The first-order chi connectivity index (χ1) is 10.4. The molecule has 0 amide bonds. The van der Waals surface area contributed by atoms with Gasteiger partial charge in [0.15, 0.2) is 5.82 Å². The Kier molecular flexibility index (Phi) is 4.88. The third-order valence-electron chi connectivity index (χ3n) is 2.95. The van der Waals surface area contributed by atoms with Gasteiger partial charge in [0.25, 0.3) is 0 Å². The second-order valence-electron chi connectivity index (χ2n) is 4.69. The van der Waals surface area contributed by atoms with Gasteiger partial charge in [0.1, 0.15) is 12.7 Å². The quantitative estimate of drug-likeness (QED) is 0.792. The van der Waals surface area contributed by atoms with Crippen molar-refractivity contribution < 1.29 is 18.0 Å². The zero-order chi connectivity index (χ0) is 16.2. The van der Waals surface area contributed by atoms with Crippen LogP contribution in [-0.2, 0) is 12.6 Å². The molecule has 0 N–H and O–H groups in total. The van der Waals surface area contributed by atoms with Crippen molar-refractivity contribution in [3.63, 3.8) is 0 Å². The van der Waals surface area contributed by atoms with Gasteiger partial charge in [-0.3, -0.25) is 0 Å². The fourth-order valence-corrected chi connectivity index (χ4v) is 1.89. The van der Waals surface area contributed by atoms with Crippen LogP contribution in [0, 0.1) is 0 Å². The summed E-state index contributed by atoms with van der Waals surface area (Å²) < 4.78 is 39.9. The van der Waals surface area contributed by atoms with Crippen molar-refractivity contribution >= 4 is 6.03 Å². The van der Waals surface area contributed by atoms with E-state index in [4.69, 9.17) is 0 Å². The Morgan fingerprint density at radius 1 is 1.27 bits per heavy atom. The molecule has 22 heavy (non-hydrogen) atoms. The van der Waals surface area contributed by atoms with E-state index in [0.29, 0.717) is 17.5 Å². The minimum Gasteiger partial charge on any atom is -0.243 e. The second kappa shape index (κ2) is 6.67. The van der Waals surface area contributed by atoms with Gasteiger partial charge in [-0.25, -0.2) is 14.8 Å². The summed E-state index contributed by atoms with van der Waals surface area (Å²) in [6.07, 6.45) is 1.13. The van der Waals surface area contributed by atoms with Crippen LogP contribution in [0.4, 0.5) is 18.0 Å². The number of aryl methyl sites for hydroxylation is 1. The predicted octanol–water partition coefficient (Wildman–Crippen LogP) is 2.53. The predicted molar refractivity (Wildman–Crippen MR) is 69.1 cm³/mol. The van der Waals surface area contributed by atoms with E-state index in [1.165, 1.54) is 0 Å². The standard InChI is InChI=1S/C12H15F3N6O/c1-2-3-4-5-6-9-18-10(12(13,14)15)21(19-9)11(22)20-8-16-7-17-20/h7-8H,2-6H2,1H3. The molecule has 0 aliphatic rings. The Labute approximate surface area is 124 Å². The molecule has 0 spiro atoms. The molecule has 0 atom stereocenters. The Bertz CT molecular complexity index is 619. The van der Waals surface area contributed by atoms with Crippen molar-refractivity contribution in [1.82, 2.24) is 29.5 Å². The highest BCUT2D eigenvalue weighted by Crippen LogP contribution is 2.28. The van der Waals surface area contributed by atoms with Gasteiger partial charge in [-0.2, -0.15) is 27.6 Å². The van der Waals surface area contributed by atoms with Crippen LogP contribution in [-0.4, -0.2) is 35.6 Å². The lowest BCUT2D eigenvalue weighted by Crippen LogP contribution is -2.27. The smallest absolute Gasteiger partial charge is 0.243 e. The molecule has 2 rings (SSSR count). The summed E-state index contributed by atoms with van der Waals surface area (Å²) in [6.45, 7) is 2.03. The van der Waals surface area contributed by atoms with Gasteiger partial charge in [-0.15, -0.1) is 5.10 Å². The molecule has 2 aromatic rings. The van der Waals surface area contributed by atoms with Gasteiger partial charge in [0.2, 0.25) is 5.82 Å². The number of hydrogen-bond donors (Lipinski definition) is 0. The molecule has 7 nitrogen and oxygen atoms in total. The van der Waals surface area contributed by atoms with E-state index < -0.39 is 18.0 Å². The molecule has 0 unspecified atom stereocenters. The normalized spacial score (nSPS) is 11.8. The molecule has 0 aromatic carbocycles. The number of halogens is 3.